The Morgan fingerprint density at radius 2 is 2.32 bits per heavy atom. The number of nitrogens with one attached hydrogen (secondary N) is 2. The van der Waals surface area contributed by atoms with Crippen LogP contribution in [0.4, 0.5) is 5.82 Å². The molecule has 132 valence electrons. The van der Waals surface area contributed by atoms with Crippen LogP contribution in [0.5, 0.6) is 0 Å². The first-order valence-corrected chi connectivity index (χ1v) is 9.95. The standard InChI is InChI=1S/C17H20N4O2S2/c1-4-17(2,3)12-9-19-14(23-12)11-25(22)15-10-20-16(24-15)21-13-7-5-6-8-18-13/h4-10,16,20H,1,11H2,2-3H3,(H,18,21). The maximum atomic E-state index is 12.6. The van der Waals surface area contributed by atoms with Gasteiger partial charge in [0.1, 0.15) is 17.3 Å². The largest absolute Gasteiger partial charge is 0.444 e. The van der Waals surface area contributed by atoms with Gasteiger partial charge in [0.15, 0.2) is 5.50 Å². The van der Waals surface area contributed by atoms with Crippen LogP contribution in [-0.4, -0.2) is 19.7 Å². The zero-order valence-corrected chi connectivity index (χ0v) is 15.7. The molecule has 0 bridgehead atoms. The van der Waals surface area contributed by atoms with E-state index in [-0.39, 0.29) is 16.7 Å². The fourth-order valence-corrected chi connectivity index (χ4v) is 4.34. The van der Waals surface area contributed by atoms with Gasteiger partial charge in [-0.3, -0.25) is 4.21 Å². The Hall–Kier alpha value is -2.06. The van der Waals surface area contributed by atoms with E-state index in [1.54, 1.807) is 24.7 Å². The van der Waals surface area contributed by atoms with Crippen molar-refractivity contribution in [2.45, 2.75) is 30.5 Å². The minimum atomic E-state index is -1.22. The molecule has 0 spiro atoms. The first-order valence-electron chi connectivity index (χ1n) is 7.75. The zero-order chi connectivity index (χ0) is 17.9. The topological polar surface area (TPSA) is 80.0 Å². The Bertz CT molecular complexity index is 802. The molecular weight excluding hydrogens is 356 g/mol. The number of hydrogen-bond donors (Lipinski definition) is 2. The Labute approximate surface area is 153 Å². The smallest absolute Gasteiger partial charge is 0.207 e. The Morgan fingerprint density at radius 1 is 1.48 bits per heavy atom. The SMILES string of the molecule is C=CC(C)(C)c1cnc(CS(=O)C2=CNC(Nc3ccccn3)S2)o1. The lowest BCUT2D eigenvalue weighted by molar-refractivity contribution is 0.414. The third-order valence-corrected chi connectivity index (χ3v) is 6.47. The van der Waals surface area contributed by atoms with E-state index in [1.165, 1.54) is 11.8 Å². The molecule has 1 aliphatic rings. The van der Waals surface area contributed by atoms with Crippen molar-refractivity contribution in [3.63, 3.8) is 0 Å². The fourth-order valence-electron chi connectivity index (χ4n) is 2.06. The van der Waals surface area contributed by atoms with Gasteiger partial charge in [-0.1, -0.05) is 23.9 Å². The van der Waals surface area contributed by atoms with Crippen LogP contribution in [0.2, 0.25) is 0 Å². The average Bonchev–Trinajstić information content (AvgIpc) is 3.26. The van der Waals surface area contributed by atoms with E-state index in [1.807, 2.05) is 32.0 Å². The predicted molar refractivity (Wildman–Crippen MR) is 102 cm³/mol. The number of rotatable bonds is 7. The first kappa shape index (κ1) is 17.8. The molecule has 25 heavy (non-hydrogen) atoms. The highest BCUT2D eigenvalue weighted by Crippen LogP contribution is 2.31. The van der Waals surface area contributed by atoms with Gasteiger partial charge in [-0.25, -0.2) is 9.97 Å². The second-order valence-corrected chi connectivity index (χ2v) is 8.85. The predicted octanol–water partition coefficient (Wildman–Crippen LogP) is 3.31. The van der Waals surface area contributed by atoms with Gasteiger partial charge >= 0.3 is 0 Å². The van der Waals surface area contributed by atoms with Crippen molar-refractivity contribution in [1.82, 2.24) is 15.3 Å². The van der Waals surface area contributed by atoms with E-state index in [2.05, 4.69) is 27.2 Å². The quantitative estimate of drug-likeness (QED) is 0.718. The van der Waals surface area contributed by atoms with Gasteiger partial charge in [0.2, 0.25) is 5.89 Å². The van der Waals surface area contributed by atoms with Crippen LogP contribution >= 0.6 is 11.8 Å². The molecule has 0 amide bonds. The average molecular weight is 377 g/mol. The number of thioether (sulfide) groups is 1. The summed E-state index contributed by atoms with van der Waals surface area (Å²) in [6, 6.07) is 5.65. The Kier molecular flexibility index (Phi) is 5.29. The number of oxazole rings is 1. The maximum Gasteiger partial charge on any atom is 0.207 e. The molecule has 2 unspecified atom stereocenters. The molecule has 0 aliphatic carbocycles. The summed E-state index contributed by atoms with van der Waals surface area (Å²) in [5, 5.41) is 6.38. The molecule has 0 radical (unpaired) electrons. The molecule has 3 heterocycles. The van der Waals surface area contributed by atoms with Crippen LogP contribution in [0.15, 0.2) is 58.1 Å². The number of pyridine rings is 1. The first-order chi connectivity index (χ1) is 12.0. The minimum absolute atomic E-state index is 0.103. The van der Waals surface area contributed by atoms with Crippen molar-refractivity contribution in [2.75, 3.05) is 5.32 Å². The molecule has 2 aromatic rings. The number of aromatic nitrogens is 2. The molecule has 2 aromatic heterocycles. The monoisotopic (exact) mass is 376 g/mol. The molecule has 8 heteroatoms. The fraction of sp³-hybridized carbons (Fsp3) is 0.294. The lowest BCUT2D eigenvalue weighted by Gasteiger charge is -2.15. The summed E-state index contributed by atoms with van der Waals surface area (Å²) in [4.78, 5) is 8.46. The highest BCUT2D eigenvalue weighted by molar-refractivity contribution is 8.16. The third-order valence-electron chi connectivity index (χ3n) is 3.71. The van der Waals surface area contributed by atoms with Crippen LogP contribution in [-0.2, 0) is 22.0 Å². The number of anilines is 1. The van der Waals surface area contributed by atoms with E-state index in [9.17, 15) is 4.21 Å². The van der Waals surface area contributed by atoms with Gasteiger partial charge in [-0.15, -0.1) is 6.58 Å². The summed E-state index contributed by atoms with van der Waals surface area (Å²) in [5.74, 6) is 2.18. The lowest BCUT2D eigenvalue weighted by atomic mass is 9.91. The van der Waals surface area contributed by atoms with Crippen molar-refractivity contribution >= 4 is 28.4 Å². The lowest BCUT2D eigenvalue weighted by Crippen LogP contribution is -2.25. The number of nitrogens with zero attached hydrogens (tertiary/aromatic N) is 2. The second-order valence-electron chi connectivity index (χ2n) is 6.02. The van der Waals surface area contributed by atoms with Crippen molar-refractivity contribution < 1.29 is 8.63 Å². The zero-order valence-electron chi connectivity index (χ0n) is 14.1. The summed E-state index contributed by atoms with van der Waals surface area (Å²) in [6.45, 7) is 7.79. The normalized spacial score (nSPS) is 18.3. The molecule has 2 N–H and O–H groups in total. The summed E-state index contributed by atoms with van der Waals surface area (Å²) in [7, 11) is -1.22. The highest BCUT2D eigenvalue weighted by atomic mass is 32.2. The molecule has 1 aliphatic heterocycles. The van der Waals surface area contributed by atoms with Crippen LogP contribution in [0.1, 0.15) is 25.5 Å². The molecule has 0 saturated carbocycles. The number of hydrogen-bond acceptors (Lipinski definition) is 7. The van der Waals surface area contributed by atoms with E-state index in [0.29, 0.717) is 5.89 Å². The summed E-state index contributed by atoms with van der Waals surface area (Å²) >= 11 is 1.46. The highest BCUT2D eigenvalue weighted by Gasteiger charge is 2.25. The van der Waals surface area contributed by atoms with Crippen LogP contribution in [0, 0.1) is 0 Å². The van der Waals surface area contributed by atoms with Crippen LogP contribution < -0.4 is 10.6 Å². The summed E-state index contributed by atoms with van der Waals surface area (Å²) < 4.78 is 19.0. The van der Waals surface area contributed by atoms with Crippen molar-refractivity contribution in [2.24, 2.45) is 0 Å². The van der Waals surface area contributed by atoms with E-state index in [4.69, 9.17) is 4.42 Å². The maximum absolute atomic E-state index is 12.6. The Balaban J connectivity index is 1.57. The summed E-state index contributed by atoms with van der Waals surface area (Å²) in [6.07, 6.45) is 6.97. The third kappa shape index (κ3) is 4.32. The Morgan fingerprint density at radius 3 is 3.04 bits per heavy atom. The van der Waals surface area contributed by atoms with Crippen molar-refractivity contribution in [1.29, 1.82) is 0 Å². The van der Waals surface area contributed by atoms with Gasteiger partial charge in [0.25, 0.3) is 0 Å². The molecule has 3 rings (SSSR count). The number of allylic oxidation sites excluding steroid dienone is 1. The molecule has 0 fully saturated rings. The van der Waals surface area contributed by atoms with E-state index in [0.717, 1.165) is 15.8 Å². The van der Waals surface area contributed by atoms with Gasteiger partial charge < -0.3 is 15.1 Å². The van der Waals surface area contributed by atoms with Crippen molar-refractivity contribution in [3.8, 4) is 0 Å². The molecule has 0 aromatic carbocycles. The molecule has 0 saturated heterocycles. The van der Waals surface area contributed by atoms with Crippen LogP contribution in [0.3, 0.4) is 0 Å². The second kappa shape index (κ2) is 7.45. The minimum Gasteiger partial charge on any atom is -0.444 e. The summed E-state index contributed by atoms with van der Waals surface area (Å²) in [5.41, 5.74) is -0.401. The van der Waals surface area contributed by atoms with E-state index >= 15 is 0 Å². The van der Waals surface area contributed by atoms with Gasteiger partial charge in [0, 0.05) is 17.8 Å². The van der Waals surface area contributed by atoms with Gasteiger partial charge in [-0.2, -0.15) is 0 Å². The molecule has 6 nitrogen and oxygen atoms in total. The van der Waals surface area contributed by atoms with E-state index < -0.39 is 10.8 Å². The molecule has 2 atom stereocenters. The molecular formula is C17H20N4O2S2. The van der Waals surface area contributed by atoms with Gasteiger partial charge in [0.05, 0.1) is 21.2 Å². The van der Waals surface area contributed by atoms with Gasteiger partial charge in [-0.05, 0) is 26.0 Å². The van der Waals surface area contributed by atoms with Crippen LogP contribution in [0.25, 0.3) is 0 Å². The van der Waals surface area contributed by atoms with Crippen molar-refractivity contribution in [3.05, 3.63) is 65.3 Å².